The van der Waals surface area contributed by atoms with Crippen molar-refractivity contribution in [2.75, 3.05) is 5.32 Å². The minimum atomic E-state index is -0.684. The highest BCUT2D eigenvalue weighted by atomic mass is 35.5. The predicted octanol–water partition coefficient (Wildman–Crippen LogP) is 5.43. The van der Waals surface area contributed by atoms with Gasteiger partial charge in [0.2, 0.25) is 0 Å². The van der Waals surface area contributed by atoms with Crippen molar-refractivity contribution in [2.45, 2.75) is 26.8 Å². The summed E-state index contributed by atoms with van der Waals surface area (Å²) in [6.07, 6.45) is 1.03. The number of nitrogens with one attached hydrogen (secondary N) is 1. The maximum absolute atomic E-state index is 13.6. The lowest BCUT2D eigenvalue weighted by Gasteiger charge is -2.11. The van der Waals surface area contributed by atoms with Crippen LogP contribution in [0.4, 0.5) is 14.5 Å². The molecule has 0 saturated heterocycles. The van der Waals surface area contributed by atoms with Gasteiger partial charge in [0.25, 0.3) is 0 Å². The minimum absolute atomic E-state index is 0.0453. The van der Waals surface area contributed by atoms with E-state index < -0.39 is 11.6 Å². The summed E-state index contributed by atoms with van der Waals surface area (Å²) < 4.78 is 26.6. The third-order valence-corrected chi connectivity index (χ3v) is 3.44. The molecule has 0 heterocycles. The highest BCUT2D eigenvalue weighted by molar-refractivity contribution is 6.33. The molecule has 1 nitrogen and oxygen atoms in total. The fraction of sp³-hybridized carbons (Fsp3) is 0.294. The van der Waals surface area contributed by atoms with Gasteiger partial charge in [0, 0.05) is 12.6 Å². The van der Waals surface area contributed by atoms with Gasteiger partial charge in [0.1, 0.15) is 5.82 Å². The van der Waals surface area contributed by atoms with Crippen molar-refractivity contribution < 1.29 is 8.78 Å². The molecule has 21 heavy (non-hydrogen) atoms. The Balaban J connectivity index is 2.03. The number of anilines is 1. The predicted molar refractivity (Wildman–Crippen MR) is 83.7 cm³/mol. The van der Waals surface area contributed by atoms with Crippen molar-refractivity contribution in [3.63, 3.8) is 0 Å². The van der Waals surface area contributed by atoms with E-state index in [0.29, 0.717) is 12.5 Å². The highest BCUT2D eigenvalue weighted by Crippen LogP contribution is 2.26. The van der Waals surface area contributed by atoms with Crippen molar-refractivity contribution in [1.29, 1.82) is 0 Å². The Hall–Kier alpha value is -1.61. The molecule has 0 fully saturated rings. The molecular weight excluding hydrogens is 292 g/mol. The van der Waals surface area contributed by atoms with Gasteiger partial charge in [-0.25, -0.2) is 8.78 Å². The average Bonchev–Trinajstić information content (AvgIpc) is 2.38. The van der Waals surface area contributed by atoms with E-state index in [9.17, 15) is 8.78 Å². The van der Waals surface area contributed by atoms with Crippen LogP contribution in [0.1, 0.15) is 25.0 Å². The maximum Gasteiger partial charge on any atom is 0.150 e. The van der Waals surface area contributed by atoms with Crippen LogP contribution in [-0.2, 0) is 13.0 Å². The average molecular weight is 310 g/mol. The molecule has 0 bridgehead atoms. The van der Waals surface area contributed by atoms with Gasteiger partial charge < -0.3 is 5.32 Å². The zero-order valence-electron chi connectivity index (χ0n) is 12.1. The van der Waals surface area contributed by atoms with Crippen LogP contribution in [0.3, 0.4) is 0 Å². The Morgan fingerprint density at radius 2 is 1.67 bits per heavy atom. The molecule has 0 radical (unpaired) electrons. The highest BCUT2D eigenvalue weighted by Gasteiger charge is 2.09. The molecule has 0 spiro atoms. The van der Waals surface area contributed by atoms with E-state index in [1.807, 2.05) is 12.1 Å². The van der Waals surface area contributed by atoms with Crippen molar-refractivity contribution in [3.05, 3.63) is 64.2 Å². The van der Waals surface area contributed by atoms with Crippen LogP contribution < -0.4 is 5.32 Å². The van der Waals surface area contributed by atoms with Gasteiger partial charge in [-0.2, -0.15) is 0 Å². The van der Waals surface area contributed by atoms with Crippen LogP contribution >= 0.6 is 11.6 Å². The first kappa shape index (κ1) is 15.8. The first-order chi connectivity index (χ1) is 9.95. The summed E-state index contributed by atoms with van der Waals surface area (Å²) in [5, 5.41) is 2.96. The second-order valence-corrected chi connectivity index (χ2v) is 5.92. The Bertz CT molecular complexity index is 586. The topological polar surface area (TPSA) is 12.0 Å². The van der Waals surface area contributed by atoms with Crippen LogP contribution in [0.2, 0.25) is 5.02 Å². The first-order valence-corrected chi connectivity index (χ1v) is 7.29. The van der Waals surface area contributed by atoms with Crippen LogP contribution in [-0.4, -0.2) is 0 Å². The van der Waals surface area contributed by atoms with Gasteiger partial charge in [0.15, 0.2) is 5.82 Å². The van der Waals surface area contributed by atoms with Crippen LogP contribution in [0.5, 0.6) is 0 Å². The van der Waals surface area contributed by atoms with E-state index in [-0.39, 0.29) is 10.7 Å². The molecule has 0 atom stereocenters. The largest absolute Gasteiger partial charge is 0.377 e. The molecule has 2 aromatic carbocycles. The summed E-state index contributed by atoms with van der Waals surface area (Å²) in [5.74, 6) is -0.751. The third kappa shape index (κ3) is 4.43. The summed E-state index contributed by atoms with van der Waals surface area (Å²) >= 11 is 5.84. The van der Waals surface area contributed by atoms with E-state index in [0.717, 1.165) is 24.1 Å². The van der Waals surface area contributed by atoms with E-state index in [2.05, 4.69) is 31.3 Å². The van der Waals surface area contributed by atoms with E-state index in [1.54, 1.807) is 0 Å². The number of rotatable bonds is 5. The summed E-state index contributed by atoms with van der Waals surface area (Å²) in [6, 6.07) is 10.1. The molecule has 4 heteroatoms. The summed E-state index contributed by atoms with van der Waals surface area (Å²) in [6.45, 7) is 4.79. The van der Waals surface area contributed by atoms with E-state index in [1.165, 1.54) is 5.56 Å². The van der Waals surface area contributed by atoms with Crippen LogP contribution in [0, 0.1) is 17.6 Å². The second kappa shape index (κ2) is 6.90. The fourth-order valence-corrected chi connectivity index (χ4v) is 2.43. The Labute approximate surface area is 128 Å². The van der Waals surface area contributed by atoms with E-state index in [4.69, 9.17) is 11.6 Å². The molecule has 0 aliphatic rings. The number of hydrogen-bond donors (Lipinski definition) is 1. The molecule has 2 rings (SSSR count). The zero-order valence-corrected chi connectivity index (χ0v) is 12.8. The van der Waals surface area contributed by atoms with Crippen LogP contribution in [0.15, 0.2) is 36.4 Å². The van der Waals surface area contributed by atoms with Crippen molar-refractivity contribution >= 4 is 17.3 Å². The van der Waals surface area contributed by atoms with Gasteiger partial charge in [-0.15, -0.1) is 0 Å². The lowest BCUT2D eigenvalue weighted by atomic mass is 10.0. The fourth-order valence-electron chi connectivity index (χ4n) is 2.17. The van der Waals surface area contributed by atoms with Gasteiger partial charge in [-0.05, 0) is 29.5 Å². The standard InChI is InChI=1S/C17H18ClF2N/c1-11(2)7-12-3-5-13(6-4-12)10-21-17-15(18)8-14(19)9-16(17)20/h3-6,8-9,11,21H,7,10H2,1-2H3. The third-order valence-electron chi connectivity index (χ3n) is 3.14. The van der Waals surface area contributed by atoms with E-state index >= 15 is 0 Å². The Kier molecular flexibility index (Phi) is 5.18. The lowest BCUT2D eigenvalue weighted by molar-refractivity contribution is 0.585. The van der Waals surface area contributed by atoms with Gasteiger partial charge in [-0.3, -0.25) is 0 Å². The second-order valence-electron chi connectivity index (χ2n) is 5.51. The lowest BCUT2D eigenvalue weighted by Crippen LogP contribution is -2.03. The molecule has 0 saturated carbocycles. The normalized spacial score (nSPS) is 11.0. The molecule has 112 valence electrons. The molecule has 0 aromatic heterocycles. The number of hydrogen-bond acceptors (Lipinski definition) is 1. The minimum Gasteiger partial charge on any atom is -0.377 e. The molecule has 1 N–H and O–H groups in total. The zero-order chi connectivity index (χ0) is 15.4. The molecule has 0 amide bonds. The molecule has 0 aliphatic carbocycles. The number of benzene rings is 2. The molecule has 2 aromatic rings. The van der Waals surface area contributed by atoms with Crippen LogP contribution in [0.25, 0.3) is 0 Å². The van der Waals surface area contributed by atoms with Gasteiger partial charge in [-0.1, -0.05) is 49.7 Å². The summed E-state index contributed by atoms with van der Waals surface area (Å²) in [4.78, 5) is 0. The van der Waals surface area contributed by atoms with Crippen molar-refractivity contribution in [3.8, 4) is 0 Å². The Morgan fingerprint density at radius 1 is 1.05 bits per heavy atom. The van der Waals surface area contributed by atoms with Crippen molar-refractivity contribution in [2.24, 2.45) is 5.92 Å². The molecule has 0 unspecified atom stereocenters. The summed E-state index contributed by atoms with van der Waals surface area (Å²) in [5.41, 5.74) is 2.42. The summed E-state index contributed by atoms with van der Waals surface area (Å²) in [7, 11) is 0. The van der Waals surface area contributed by atoms with Crippen molar-refractivity contribution in [1.82, 2.24) is 0 Å². The smallest absolute Gasteiger partial charge is 0.150 e. The molecular formula is C17H18ClF2N. The molecule has 0 aliphatic heterocycles. The number of halogens is 3. The Morgan fingerprint density at radius 3 is 2.24 bits per heavy atom. The SMILES string of the molecule is CC(C)Cc1ccc(CNc2c(F)cc(F)cc2Cl)cc1. The first-order valence-electron chi connectivity index (χ1n) is 6.92. The quantitative estimate of drug-likeness (QED) is 0.776. The van der Waals surface area contributed by atoms with Gasteiger partial charge >= 0.3 is 0 Å². The van der Waals surface area contributed by atoms with Gasteiger partial charge in [0.05, 0.1) is 10.7 Å². The monoisotopic (exact) mass is 309 g/mol. The maximum atomic E-state index is 13.6.